The fraction of sp³-hybridized carbons (Fsp3) is 0.318. The molecule has 0 aromatic heterocycles. The standard InChI is InChI=1S/C22H22N2O4/c25-18-7-8-24(11-19(18)26)10-13-5-6-15-14(9-13)12-28-21(15)20-16-3-1-2-4-17(16)23-22(20)27/h1-6,9,18-19,25-26H,7-8,10-12H2,(H,23,27)/b21-20-. The molecule has 144 valence electrons. The molecule has 1 fully saturated rings. The number of likely N-dealkylation sites (tertiary alicyclic amines) is 1. The fourth-order valence-electron chi connectivity index (χ4n) is 4.25. The third kappa shape index (κ3) is 2.90. The van der Waals surface area contributed by atoms with Gasteiger partial charge in [0.1, 0.15) is 12.4 Å². The SMILES string of the molecule is O=C1Nc2ccccc2/C1=C1/OCc2cc(CN3CCC(O)C(O)C3)ccc21. The molecule has 0 bridgehead atoms. The maximum Gasteiger partial charge on any atom is 0.260 e. The Kier molecular flexibility index (Phi) is 4.19. The van der Waals surface area contributed by atoms with Crippen LogP contribution in [0.3, 0.4) is 0 Å². The predicted octanol–water partition coefficient (Wildman–Crippen LogP) is 1.96. The number of rotatable bonds is 2. The molecule has 3 aliphatic heterocycles. The Hall–Kier alpha value is -2.67. The van der Waals surface area contributed by atoms with E-state index < -0.39 is 12.2 Å². The van der Waals surface area contributed by atoms with Crippen molar-refractivity contribution in [2.24, 2.45) is 0 Å². The summed E-state index contributed by atoms with van der Waals surface area (Å²) in [6.45, 7) is 2.39. The van der Waals surface area contributed by atoms with E-state index in [-0.39, 0.29) is 5.91 Å². The molecule has 0 aliphatic carbocycles. The van der Waals surface area contributed by atoms with Crippen molar-refractivity contribution in [1.29, 1.82) is 0 Å². The van der Waals surface area contributed by atoms with E-state index in [0.717, 1.165) is 34.5 Å². The molecule has 1 amide bonds. The molecule has 2 aromatic rings. The van der Waals surface area contributed by atoms with Crippen LogP contribution in [-0.2, 0) is 22.7 Å². The largest absolute Gasteiger partial charge is 0.487 e. The minimum Gasteiger partial charge on any atom is -0.487 e. The van der Waals surface area contributed by atoms with Crippen molar-refractivity contribution in [3.8, 4) is 0 Å². The second kappa shape index (κ2) is 6.74. The number of β-amino-alcohol motifs (C(OH)–C–C–N with tert-alkyl or cyclic N) is 1. The van der Waals surface area contributed by atoms with Gasteiger partial charge in [-0.05, 0) is 18.1 Å². The summed E-state index contributed by atoms with van der Waals surface area (Å²) in [7, 11) is 0. The number of nitrogens with zero attached hydrogens (tertiary/aromatic N) is 1. The molecule has 0 spiro atoms. The lowest BCUT2D eigenvalue weighted by Gasteiger charge is -2.33. The van der Waals surface area contributed by atoms with Gasteiger partial charge in [0.05, 0.1) is 17.8 Å². The number of hydrogen-bond acceptors (Lipinski definition) is 5. The Morgan fingerprint density at radius 3 is 2.82 bits per heavy atom. The van der Waals surface area contributed by atoms with Gasteiger partial charge >= 0.3 is 0 Å². The first kappa shape index (κ1) is 17.4. The number of amides is 1. The number of ether oxygens (including phenoxy) is 1. The van der Waals surface area contributed by atoms with E-state index in [4.69, 9.17) is 4.74 Å². The normalized spacial score (nSPS) is 26.6. The Labute approximate surface area is 163 Å². The number of fused-ring (bicyclic) bond motifs is 2. The van der Waals surface area contributed by atoms with Crippen molar-refractivity contribution < 1.29 is 19.7 Å². The van der Waals surface area contributed by atoms with Crippen molar-refractivity contribution in [2.75, 3.05) is 18.4 Å². The van der Waals surface area contributed by atoms with E-state index in [2.05, 4.69) is 16.3 Å². The number of carbonyl (C=O) groups is 1. The van der Waals surface area contributed by atoms with E-state index in [1.807, 2.05) is 36.4 Å². The van der Waals surface area contributed by atoms with E-state index >= 15 is 0 Å². The van der Waals surface area contributed by atoms with Crippen LogP contribution in [0.25, 0.3) is 11.3 Å². The lowest BCUT2D eigenvalue weighted by molar-refractivity contribution is -0.110. The van der Waals surface area contributed by atoms with Gasteiger partial charge in [-0.3, -0.25) is 9.69 Å². The number of aliphatic hydroxyl groups is 2. The van der Waals surface area contributed by atoms with Crippen molar-refractivity contribution in [2.45, 2.75) is 31.8 Å². The van der Waals surface area contributed by atoms with Gasteiger partial charge < -0.3 is 20.3 Å². The van der Waals surface area contributed by atoms with Crippen LogP contribution in [0.5, 0.6) is 0 Å². The van der Waals surface area contributed by atoms with E-state index in [0.29, 0.717) is 37.4 Å². The van der Waals surface area contributed by atoms with E-state index in [9.17, 15) is 15.0 Å². The van der Waals surface area contributed by atoms with Crippen molar-refractivity contribution in [3.63, 3.8) is 0 Å². The molecular formula is C22H22N2O4. The molecule has 6 nitrogen and oxygen atoms in total. The zero-order valence-corrected chi connectivity index (χ0v) is 15.4. The molecule has 3 N–H and O–H groups in total. The van der Waals surface area contributed by atoms with Gasteiger partial charge in [0.2, 0.25) is 0 Å². The van der Waals surface area contributed by atoms with Crippen LogP contribution in [-0.4, -0.2) is 46.3 Å². The average Bonchev–Trinajstić information content (AvgIpc) is 3.24. The smallest absolute Gasteiger partial charge is 0.260 e. The Morgan fingerprint density at radius 2 is 1.96 bits per heavy atom. The quantitative estimate of drug-likeness (QED) is 0.696. The first-order valence-electron chi connectivity index (χ1n) is 9.58. The summed E-state index contributed by atoms with van der Waals surface area (Å²) in [6.07, 6.45) is -0.733. The molecule has 28 heavy (non-hydrogen) atoms. The highest BCUT2D eigenvalue weighted by Gasteiger charge is 2.32. The minimum absolute atomic E-state index is 0.131. The second-order valence-corrected chi connectivity index (χ2v) is 7.64. The summed E-state index contributed by atoms with van der Waals surface area (Å²) >= 11 is 0. The summed E-state index contributed by atoms with van der Waals surface area (Å²) in [6, 6.07) is 13.8. The zero-order valence-electron chi connectivity index (χ0n) is 15.4. The van der Waals surface area contributed by atoms with Crippen LogP contribution < -0.4 is 5.32 Å². The van der Waals surface area contributed by atoms with E-state index in [1.165, 1.54) is 0 Å². The monoisotopic (exact) mass is 378 g/mol. The van der Waals surface area contributed by atoms with Crippen LogP contribution in [0.4, 0.5) is 5.69 Å². The zero-order chi connectivity index (χ0) is 19.3. The Balaban J connectivity index is 1.43. The first-order chi connectivity index (χ1) is 13.6. The second-order valence-electron chi connectivity index (χ2n) is 7.64. The van der Waals surface area contributed by atoms with Crippen LogP contribution >= 0.6 is 0 Å². The van der Waals surface area contributed by atoms with Crippen molar-refractivity contribution in [3.05, 3.63) is 64.7 Å². The number of para-hydroxylation sites is 1. The summed E-state index contributed by atoms with van der Waals surface area (Å²) < 4.78 is 5.94. The lowest BCUT2D eigenvalue weighted by Crippen LogP contribution is -2.46. The lowest BCUT2D eigenvalue weighted by atomic mass is 9.98. The molecule has 2 aromatic carbocycles. The predicted molar refractivity (Wildman–Crippen MR) is 105 cm³/mol. The van der Waals surface area contributed by atoms with Gasteiger partial charge in [-0.1, -0.05) is 36.4 Å². The maximum atomic E-state index is 12.5. The topological polar surface area (TPSA) is 82.0 Å². The number of piperidine rings is 1. The minimum atomic E-state index is -0.691. The molecule has 2 atom stereocenters. The summed E-state index contributed by atoms with van der Waals surface area (Å²) in [4.78, 5) is 14.7. The number of anilines is 1. The van der Waals surface area contributed by atoms with Crippen LogP contribution in [0, 0.1) is 0 Å². The van der Waals surface area contributed by atoms with Gasteiger partial charge in [-0.25, -0.2) is 0 Å². The van der Waals surface area contributed by atoms with Crippen molar-refractivity contribution >= 4 is 22.9 Å². The van der Waals surface area contributed by atoms with Crippen LogP contribution in [0.15, 0.2) is 42.5 Å². The highest BCUT2D eigenvalue weighted by molar-refractivity contribution is 6.36. The van der Waals surface area contributed by atoms with Gasteiger partial charge in [0.15, 0.2) is 0 Å². The number of carbonyl (C=O) groups excluding carboxylic acids is 1. The number of hydrogen-bond donors (Lipinski definition) is 3. The molecule has 1 saturated heterocycles. The first-order valence-corrected chi connectivity index (χ1v) is 9.58. The molecule has 2 unspecified atom stereocenters. The maximum absolute atomic E-state index is 12.5. The van der Waals surface area contributed by atoms with Crippen molar-refractivity contribution in [1.82, 2.24) is 4.90 Å². The number of benzene rings is 2. The molecule has 6 heteroatoms. The Morgan fingerprint density at radius 1 is 1.11 bits per heavy atom. The van der Waals surface area contributed by atoms with Gasteiger partial charge in [0, 0.05) is 42.0 Å². The molecular weight excluding hydrogens is 356 g/mol. The van der Waals surface area contributed by atoms with Gasteiger partial charge in [-0.2, -0.15) is 0 Å². The summed E-state index contributed by atoms with van der Waals surface area (Å²) in [5.41, 5.74) is 5.44. The molecule has 0 radical (unpaired) electrons. The average molecular weight is 378 g/mol. The summed E-state index contributed by atoms with van der Waals surface area (Å²) in [5.74, 6) is 0.509. The van der Waals surface area contributed by atoms with Gasteiger partial charge in [0.25, 0.3) is 5.91 Å². The molecule has 3 aliphatic rings. The number of nitrogens with one attached hydrogen (secondary N) is 1. The number of aliphatic hydroxyl groups excluding tert-OH is 2. The summed E-state index contributed by atoms with van der Waals surface area (Å²) in [5, 5.41) is 22.5. The Bertz CT molecular complexity index is 984. The van der Waals surface area contributed by atoms with E-state index in [1.54, 1.807) is 0 Å². The van der Waals surface area contributed by atoms with Gasteiger partial charge in [-0.15, -0.1) is 0 Å². The fourth-order valence-corrected chi connectivity index (χ4v) is 4.25. The molecule has 0 saturated carbocycles. The van der Waals surface area contributed by atoms with Crippen LogP contribution in [0.2, 0.25) is 0 Å². The molecule has 5 rings (SSSR count). The molecule has 3 heterocycles. The highest BCUT2D eigenvalue weighted by Crippen LogP contribution is 2.41. The van der Waals surface area contributed by atoms with Crippen LogP contribution in [0.1, 0.15) is 28.7 Å². The third-order valence-electron chi connectivity index (χ3n) is 5.72. The third-order valence-corrected chi connectivity index (χ3v) is 5.72. The highest BCUT2D eigenvalue weighted by atomic mass is 16.5.